The summed E-state index contributed by atoms with van der Waals surface area (Å²) in [6.45, 7) is 6.47. The summed E-state index contributed by atoms with van der Waals surface area (Å²) in [5, 5.41) is 13.6. The molecule has 2 N–H and O–H groups in total. The Morgan fingerprint density at radius 1 is 0.951 bits per heavy atom. The minimum atomic E-state index is -0.918. The van der Waals surface area contributed by atoms with Crippen LogP contribution in [0.5, 0.6) is 11.5 Å². The molecule has 1 saturated heterocycles. The van der Waals surface area contributed by atoms with E-state index in [1.54, 1.807) is 0 Å². The van der Waals surface area contributed by atoms with Crippen LogP contribution in [-0.4, -0.2) is 41.8 Å². The average Bonchev–Trinajstić information content (AvgIpc) is 3.58. The highest BCUT2D eigenvalue weighted by atomic mass is 19.1. The van der Waals surface area contributed by atoms with Crippen LogP contribution in [0.3, 0.4) is 0 Å². The van der Waals surface area contributed by atoms with Gasteiger partial charge in [-0.05, 0) is 71.3 Å². The number of likely N-dealkylation sites (tertiary alicyclic amines) is 1. The number of benzene rings is 3. The van der Waals surface area contributed by atoms with E-state index in [4.69, 9.17) is 9.47 Å². The molecule has 1 unspecified atom stereocenters. The lowest BCUT2D eigenvalue weighted by Gasteiger charge is -2.27. The van der Waals surface area contributed by atoms with E-state index in [0.717, 1.165) is 35.1 Å². The molecule has 8 heteroatoms. The molecule has 0 spiro atoms. The van der Waals surface area contributed by atoms with Crippen molar-refractivity contribution in [3.8, 4) is 11.5 Å². The van der Waals surface area contributed by atoms with Gasteiger partial charge in [0, 0.05) is 24.2 Å². The summed E-state index contributed by atoms with van der Waals surface area (Å²) in [7, 11) is 0. The van der Waals surface area contributed by atoms with E-state index in [1.165, 1.54) is 17.7 Å². The van der Waals surface area contributed by atoms with Gasteiger partial charge in [0.05, 0.1) is 12.5 Å². The molecule has 3 aromatic rings. The number of fused-ring (bicyclic) bond motifs is 1. The Morgan fingerprint density at radius 2 is 1.61 bits per heavy atom. The Labute approximate surface area is 240 Å². The lowest BCUT2D eigenvalue weighted by atomic mass is 9.82. The van der Waals surface area contributed by atoms with E-state index in [0.29, 0.717) is 36.6 Å². The number of amides is 1. The summed E-state index contributed by atoms with van der Waals surface area (Å²) in [5.41, 5.74) is 5.00. The lowest BCUT2D eigenvalue weighted by Crippen LogP contribution is -2.35. The van der Waals surface area contributed by atoms with Crippen LogP contribution in [0.1, 0.15) is 67.0 Å². The first kappa shape index (κ1) is 28.6. The van der Waals surface area contributed by atoms with Crippen LogP contribution in [0.25, 0.3) is 0 Å². The average molecular weight is 561 g/mol. The summed E-state index contributed by atoms with van der Waals surface area (Å²) in [5.74, 6) is -1.43. The number of carbonyl (C=O) groups excluding carboxylic acids is 1. The third-order valence-electron chi connectivity index (χ3n) is 8.21. The number of nitrogens with one attached hydrogen (secondary N) is 1. The second-order valence-corrected chi connectivity index (χ2v) is 10.8. The van der Waals surface area contributed by atoms with Gasteiger partial charge in [-0.1, -0.05) is 57.5 Å². The molecule has 2 aliphatic heterocycles. The molecule has 41 heavy (non-hydrogen) atoms. The maximum Gasteiger partial charge on any atom is 0.309 e. The lowest BCUT2D eigenvalue weighted by molar-refractivity contribution is -0.143. The Bertz CT molecular complexity index is 1400. The highest BCUT2D eigenvalue weighted by Crippen LogP contribution is 2.47. The Balaban J connectivity index is 1.48. The number of nitrogens with zero attached hydrogens (tertiary/aromatic N) is 1. The van der Waals surface area contributed by atoms with Crippen LogP contribution in [0.15, 0.2) is 54.6 Å². The third-order valence-corrected chi connectivity index (χ3v) is 8.21. The first-order valence-electron chi connectivity index (χ1n) is 14.4. The smallest absolute Gasteiger partial charge is 0.309 e. The predicted molar refractivity (Wildman–Crippen MR) is 155 cm³/mol. The van der Waals surface area contributed by atoms with Crippen molar-refractivity contribution in [2.75, 3.05) is 25.2 Å². The van der Waals surface area contributed by atoms with E-state index in [9.17, 15) is 19.1 Å². The van der Waals surface area contributed by atoms with Crippen LogP contribution in [-0.2, 0) is 28.9 Å². The number of ether oxygens (including phenoxy) is 2. The van der Waals surface area contributed by atoms with E-state index in [-0.39, 0.29) is 31.0 Å². The second-order valence-electron chi connectivity index (χ2n) is 10.8. The molecule has 0 aliphatic carbocycles. The fourth-order valence-electron chi connectivity index (χ4n) is 6.25. The molecular formula is C33H37FN2O5. The number of rotatable bonds is 10. The van der Waals surface area contributed by atoms with E-state index >= 15 is 0 Å². The fraction of sp³-hybridized carbons (Fsp3) is 0.394. The molecule has 1 amide bonds. The molecule has 3 atom stereocenters. The van der Waals surface area contributed by atoms with E-state index < -0.39 is 17.9 Å². The number of halogens is 1. The van der Waals surface area contributed by atoms with Crippen molar-refractivity contribution in [3.05, 3.63) is 88.2 Å². The first-order chi connectivity index (χ1) is 19.8. The molecular weight excluding hydrogens is 523 g/mol. The summed E-state index contributed by atoms with van der Waals surface area (Å²) in [6, 6.07) is 16.0. The van der Waals surface area contributed by atoms with Crippen LogP contribution in [0.2, 0.25) is 0 Å². The molecule has 1 fully saturated rings. The predicted octanol–water partition coefficient (Wildman–Crippen LogP) is 6.11. The highest BCUT2D eigenvalue weighted by molar-refractivity contribution is 5.94. The van der Waals surface area contributed by atoms with Gasteiger partial charge in [-0.2, -0.15) is 0 Å². The number of carboxylic acid groups (broad SMARTS) is 1. The van der Waals surface area contributed by atoms with Crippen LogP contribution < -0.4 is 14.8 Å². The zero-order valence-electron chi connectivity index (χ0n) is 23.8. The maximum atomic E-state index is 14.2. The normalized spacial score (nSPS) is 19.9. The highest BCUT2D eigenvalue weighted by Gasteiger charge is 2.48. The topological polar surface area (TPSA) is 88.1 Å². The van der Waals surface area contributed by atoms with E-state index in [1.807, 2.05) is 61.2 Å². The van der Waals surface area contributed by atoms with Crippen molar-refractivity contribution in [1.82, 2.24) is 4.90 Å². The number of aliphatic carboxylic acids is 1. The van der Waals surface area contributed by atoms with Gasteiger partial charge in [0.25, 0.3) is 0 Å². The van der Waals surface area contributed by atoms with E-state index in [2.05, 4.69) is 12.2 Å². The minimum absolute atomic E-state index is 0.00407. The molecule has 0 saturated carbocycles. The number of hydrogen-bond donors (Lipinski definition) is 2. The van der Waals surface area contributed by atoms with Crippen LogP contribution in [0.4, 0.5) is 10.1 Å². The van der Waals surface area contributed by atoms with Gasteiger partial charge in [0.1, 0.15) is 5.82 Å². The number of hydrogen-bond acceptors (Lipinski definition) is 5. The molecule has 0 aromatic heterocycles. The molecule has 2 aliphatic rings. The van der Waals surface area contributed by atoms with Crippen molar-refractivity contribution in [3.63, 3.8) is 0 Å². The van der Waals surface area contributed by atoms with Gasteiger partial charge in [-0.15, -0.1) is 0 Å². The van der Waals surface area contributed by atoms with Gasteiger partial charge >= 0.3 is 5.97 Å². The van der Waals surface area contributed by atoms with Gasteiger partial charge in [-0.25, -0.2) is 4.39 Å². The molecule has 2 heterocycles. The maximum absolute atomic E-state index is 14.2. The molecule has 0 bridgehead atoms. The van der Waals surface area contributed by atoms with Gasteiger partial charge < -0.3 is 19.9 Å². The summed E-state index contributed by atoms with van der Waals surface area (Å²) < 4.78 is 25.2. The zero-order chi connectivity index (χ0) is 29.1. The zero-order valence-corrected chi connectivity index (χ0v) is 23.8. The van der Waals surface area contributed by atoms with Gasteiger partial charge in [0.15, 0.2) is 11.5 Å². The van der Waals surface area contributed by atoms with Crippen molar-refractivity contribution in [2.45, 2.75) is 58.4 Å². The minimum Gasteiger partial charge on any atom is -0.481 e. The Morgan fingerprint density at radius 3 is 2.24 bits per heavy atom. The molecule has 7 nitrogen and oxygen atoms in total. The fourth-order valence-corrected chi connectivity index (χ4v) is 6.25. The molecule has 216 valence electrons. The number of anilines is 1. The van der Waals surface area contributed by atoms with Crippen molar-refractivity contribution >= 4 is 17.6 Å². The molecule has 5 rings (SSSR count). The van der Waals surface area contributed by atoms with Crippen molar-refractivity contribution in [2.24, 2.45) is 5.92 Å². The largest absolute Gasteiger partial charge is 0.481 e. The standard InChI is InChI=1S/C33H37FN2O5/c1-4-7-20-8-10-23(11-9-20)32-30(33(38)39)26(24-12-13-27-28(16-24)41-19-40-27)17-36(32)18-29(37)35-31-21(5-2)14-25(34)15-22(31)6-3/h8-16,26,30,32H,4-7,17-19H2,1-3H3,(H,35,37)(H,38,39)/t26-,30?,32+/m1/s1. The SMILES string of the molecule is CCCc1ccc([C@H]2C(C(=O)O)[C@@H](c3ccc4c(c3)OCO4)CN2CC(=O)Nc2c(CC)cc(F)cc2CC)cc1. The monoisotopic (exact) mass is 560 g/mol. The Kier molecular flexibility index (Phi) is 8.59. The summed E-state index contributed by atoms with van der Waals surface area (Å²) >= 11 is 0. The first-order valence-corrected chi connectivity index (χ1v) is 14.4. The molecule has 0 radical (unpaired) electrons. The summed E-state index contributed by atoms with van der Waals surface area (Å²) in [4.78, 5) is 28.4. The number of carbonyl (C=O) groups is 2. The third kappa shape index (κ3) is 5.93. The quantitative estimate of drug-likeness (QED) is 0.311. The van der Waals surface area contributed by atoms with Crippen molar-refractivity contribution < 1.29 is 28.6 Å². The Hall–Kier alpha value is -3.91. The van der Waals surface area contributed by atoms with Crippen LogP contribution in [0, 0.1) is 11.7 Å². The van der Waals surface area contributed by atoms with Gasteiger partial charge in [-0.3, -0.25) is 14.5 Å². The number of aryl methyl sites for hydroxylation is 3. The van der Waals surface area contributed by atoms with Crippen LogP contribution >= 0.6 is 0 Å². The van der Waals surface area contributed by atoms with Crippen molar-refractivity contribution in [1.29, 1.82) is 0 Å². The summed E-state index contributed by atoms with van der Waals surface area (Å²) in [6.07, 6.45) is 3.10. The number of carboxylic acids is 1. The van der Waals surface area contributed by atoms with Gasteiger partial charge in [0.2, 0.25) is 12.7 Å². The molecule has 3 aromatic carbocycles. The second kappa shape index (κ2) is 12.3.